The normalized spacial score (nSPS) is 10.8. The van der Waals surface area contributed by atoms with Crippen molar-refractivity contribution >= 4 is 44.4 Å². The summed E-state index contributed by atoms with van der Waals surface area (Å²) in [6.45, 7) is 1.95. The van der Waals surface area contributed by atoms with Crippen LogP contribution in [-0.2, 0) is 4.79 Å². The van der Waals surface area contributed by atoms with Gasteiger partial charge in [-0.05, 0) is 30.7 Å². The maximum absolute atomic E-state index is 11.6. The van der Waals surface area contributed by atoms with Crippen molar-refractivity contribution < 1.29 is 4.79 Å². The summed E-state index contributed by atoms with van der Waals surface area (Å²) < 4.78 is 0.987. The first kappa shape index (κ1) is 13.0. The molecule has 1 heterocycles. The summed E-state index contributed by atoms with van der Waals surface area (Å²) >= 11 is 4.84. The maximum Gasteiger partial charge on any atom is 0.250 e. The molecule has 0 bridgehead atoms. The number of carbonyl (C=O) groups is 1. The van der Waals surface area contributed by atoms with Crippen LogP contribution >= 0.6 is 27.3 Å². The van der Waals surface area contributed by atoms with Crippen molar-refractivity contribution in [1.82, 2.24) is 4.98 Å². The van der Waals surface area contributed by atoms with Crippen molar-refractivity contribution in [2.45, 2.75) is 6.92 Å². The van der Waals surface area contributed by atoms with Crippen LogP contribution in [-0.4, -0.2) is 10.9 Å². The lowest BCUT2D eigenvalue weighted by Gasteiger charge is -1.96. The highest BCUT2D eigenvalue weighted by atomic mass is 79.9. The lowest BCUT2D eigenvalue weighted by Crippen LogP contribution is -2.06. The zero-order chi connectivity index (χ0) is 13.0. The standard InChI is InChI=1S/C13H11BrN2OS/c1-9-8-15-13(18-9)16-12(17)6-5-10-3-2-4-11(14)7-10/h2-8H,1H3,(H,15,16,17). The van der Waals surface area contributed by atoms with E-state index in [4.69, 9.17) is 0 Å². The number of carbonyl (C=O) groups excluding carboxylic acids is 1. The van der Waals surface area contributed by atoms with Crippen LogP contribution in [0.15, 0.2) is 41.0 Å². The van der Waals surface area contributed by atoms with Gasteiger partial charge in [-0.25, -0.2) is 4.98 Å². The fourth-order valence-corrected chi connectivity index (χ4v) is 2.43. The van der Waals surface area contributed by atoms with E-state index in [9.17, 15) is 4.79 Å². The lowest BCUT2D eigenvalue weighted by atomic mass is 10.2. The fraction of sp³-hybridized carbons (Fsp3) is 0.0769. The molecule has 0 aliphatic heterocycles. The van der Waals surface area contributed by atoms with E-state index in [1.807, 2.05) is 31.2 Å². The quantitative estimate of drug-likeness (QED) is 0.872. The minimum Gasteiger partial charge on any atom is -0.298 e. The number of benzene rings is 1. The molecule has 1 aromatic carbocycles. The summed E-state index contributed by atoms with van der Waals surface area (Å²) in [5, 5.41) is 3.34. The van der Waals surface area contributed by atoms with Crippen molar-refractivity contribution in [1.29, 1.82) is 0 Å². The average Bonchev–Trinajstić information content (AvgIpc) is 2.72. The molecule has 0 radical (unpaired) electrons. The highest BCUT2D eigenvalue weighted by molar-refractivity contribution is 9.10. The Bertz CT molecular complexity index is 592. The number of halogens is 1. The molecule has 2 rings (SSSR count). The number of aryl methyl sites for hydroxylation is 1. The van der Waals surface area contributed by atoms with Gasteiger partial charge in [-0.2, -0.15) is 0 Å². The molecule has 18 heavy (non-hydrogen) atoms. The molecule has 1 amide bonds. The van der Waals surface area contributed by atoms with Crippen LogP contribution in [0, 0.1) is 6.92 Å². The third-order valence-corrected chi connectivity index (χ3v) is 3.45. The zero-order valence-electron chi connectivity index (χ0n) is 9.68. The van der Waals surface area contributed by atoms with Gasteiger partial charge in [0.05, 0.1) is 0 Å². The first-order chi connectivity index (χ1) is 8.63. The van der Waals surface area contributed by atoms with Crippen molar-refractivity contribution in [3.8, 4) is 0 Å². The summed E-state index contributed by atoms with van der Waals surface area (Å²) in [6.07, 6.45) is 5.00. The molecule has 0 spiro atoms. The number of hydrogen-bond donors (Lipinski definition) is 1. The lowest BCUT2D eigenvalue weighted by molar-refractivity contribution is -0.111. The number of thiazole rings is 1. The number of aromatic nitrogens is 1. The van der Waals surface area contributed by atoms with Crippen LogP contribution in [0.1, 0.15) is 10.4 Å². The minimum absolute atomic E-state index is 0.177. The molecule has 0 atom stereocenters. The van der Waals surface area contributed by atoms with Gasteiger partial charge in [-0.1, -0.05) is 28.1 Å². The number of rotatable bonds is 3. The Morgan fingerprint density at radius 3 is 3.00 bits per heavy atom. The van der Waals surface area contributed by atoms with Crippen LogP contribution in [0.25, 0.3) is 6.08 Å². The first-order valence-corrected chi connectivity index (χ1v) is 6.91. The van der Waals surface area contributed by atoms with Gasteiger partial charge in [0.2, 0.25) is 5.91 Å². The average molecular weight is 323 g/mol. The van der Waals surface area contributed by atoms with Crippen LogP contribution in [0.4, 0.5) is 5.13 Å². The second kappa shape index (κ2) is 5.93. The number of anilines is 1. The molecular weight excluding hydrogens is 312 g/mol. The van der Waals surface area contributed by atoms with E-state index in [1.165, 1.54) is 17.4 Å². The minimum atomic E-state index is -0.177. The van der Waals surface area contributed by atoms with Crippen LogP contribution < -0.4 is 5.32 Å². The van der Waals surface area contributed by atoms with Gasteiger partial charge in [0.25, 0.3) is 0 Å². The third-order valence-electron chi connectivity index (χ3n) is 2.13. The Morgan fingerprint density at radius 1 is 1.50 bits per heavy atom. The fourth-order valence-electron chi connectivity index (χ4n) is 1.34. The molecule has 0 aliphatic rings. The van der Waals surface area contributed by atoms with E-state index < -0.39 is 0 Å². The van der Waals surface area contributed by atoms with Crippen LogP contribution in [0.5, 0.6) is 0 Å². The summed E-state index contributed by atoms with van der Waals surface area (Å²) in [7, 11) is 0. The third kappa shape index (κ3) is 3.78. The first-order valence-electron chi connectivity index (χ1n) is 5.30. The van der Waals surface area contributed by atoms with E-state index in [2.05, 4.69) is 26.2 Å². The predicted octanol–water partition coefficient (Wildman–Crippen LogP) is 3.87. The summed E-state index contributed by atoms with van der Waals surface area (Å²) in [6, 6.07) is 7.74. The molecule has 0 saturated heterocycles. The number of nitrogens with one attached hydrogen (secondary N) is 1. The Kier molecular flexibility index (Phi) is 4.28. The highest BCUT2D eigenvalue weighted by Crippen LogP contribution is 2.16. The summed E-state index contributed by atoms with van der Waals surface area (Å²) in [5.74, 6) is -0.177. The molecule has 1 N–H and O–H groups in total. The van der Waals surface area contributed by atoms with E-state index >= 15 is 0 Å². The second-order valence-corrected chi connectivity index (χ2v) is 5.80. The van der Waals surface area contributed by atoms with E-state index in [1.54, 1.807) is 12.3 Å². The monoisotopic (exact) mass is 322 g/mol. The Labute approximate surface area is 118 Å². The highest BCUT2D eigenvalue weighted by Gasteiger charge is 2.01. The molecule has 0 unspecified atom stereocenters. The van der Waals surface area contributed by atoms with E-state index in [-0.39, 0.29) is 5.91 Å². The number of hydrogen-bond acceptors (Lipinski definition) is 3. The second-order valence-electron chi connectivity index (χ2n) is 3.65. The molecule has 1 aromatic heterocycles. The number of amides is 1. The SMILES string of the molecule is Cc1cnc(NC(=O)C=Cc2cccc(Br)c2)s1. The number of nitrogens with zero attached hydrogens (tertiary/aromatic N) is 1. The predicted molar refractivity (Wildman–Crippen MR) is 78.7 cm³/mol. The van der Waals surface area contributed by atoms with Crippen molar-refractivity contribution in [3.63, 3.8) is 0 Å². The molecule has 2 aromatic rings. The van der Waals surface area contributed by atoms with Crippen LogP contribution in [0.3, 0.4) is 0 Å². The van der Waals surface area contributed by atoms with Gasteiger partial charge in [0, 0.05) is 21.6 Å². The Balaban J connectivity index is 1.99. The molecule has 92 valence electrons. The molecule has 0 fully saturated rings. The topological polar surface area (TPSA) is 42.0 Å². The van der Waals surface area contributed by atoms with E-state index in [0.717, 1.165) is 14.9 Å². The summed E-state index contributed by atoms with van der Waals surface area (Å²) in [5.41, 5.74) is 0.967. The van der Waals surface area contributed by atoms with Gasteiger partial charge < -0.3 is 0 Å². The van der Waals surface area contributed by atoms with Gasteiger partial charge in [-0.3, -0.25) is 10.1 Å². The molecule has 5 heteroatoms. The zero-order valence-corrected chi connectivity index (χ0v) is 12.1. The molecule has 3 nitrogen and oxygen atoms in total. The van der Waals surface area contributed by atoms with Crippen molar-refractivity contribution in [2.24, 2.45) is 0 Å². The van der Waals surface area contributed by atoms with Gasteiger partial charge >= 0.3 is 0 Å². The Hall–Kier alpha value is -1.46. The maximum atomic E-state index is 11.6. The van der Waals surface area contributed by atoms with Crippen molar-refractivity contribution in [3.05, 3.63) is 51.5 Å². The molecule has 0 saturated carbocycles. The molecular formula is C13H11BrN2OS. The van der Waals surface area contributed by atoms with Gasteiger partial charge in [0.15, 0.2) is 5.13 Å². The largest absolute Gasteiger partial charge is 0.298 e. The molecule has 0 aliphatic carbocycles. The van der Waals surface area contributed by atoms with E-state index in [0.29, 0.717) is 5.13 Å². The smallest absolute Gasteiger partial charge is 0.250 e. The van der Waals surface area contributed by atoms with Gasteiger partial charge in [0.1, 0.15) is 0 Å². The van der Waals surface area contributed by atoms with Crippen LogP contribution in [0.2, 0.25) is 0 Å². The van der Waals surface area contributed by atoms with Gasteiger partial charge in [-0.15, -0.1) is 11.3 Å². The summed E-state index contributed by atoms with van der Waals surface area (Å²) in [4.78, 5) is 16.8. The van der Waals surface area contributed by atoms with Crippen molar-refractivity contribution in [2.75, 3.05) is 5.32 Å². The Morgan fingerprint density at radius 2 is 2.33 bits per heavy atom.